The Morgan fingerprint density at radius 2 is 2.50 bits per heavy atom. The average Bonchev–Trinajstić information content (AvgIpc) is 2.09. The highest BCUT2D eigenvalue weighted by Gasteiger charge is 2.05. The van der Waals surface area contributed by atoms with Gasteiger partial charge in [-0.15, -0.1) is 0 Å². The van der Waals surface area contributed by atoms with Gasteiger partial charge in [-0.3, -0.25) is 4.79 Å². The molecule has 3 heteroatoms. The first-order valence-electron chi connectivity index (χ1n) is 3.49. The number of ether oxygens (including phenoxy) is 1. The van der Waals surface area contributed by atoms with Crippen LogP contribution in [0.4, 0.5) is 0 Å². The normalized spacial score (nSPS) is 9.42. The quantitative estimate of drug-likeness (QED) is 0.662. The lowest BCUT2D eigenvalue weighted by Gasteiger charge is -2.01. The molecule has 1 aromatic rings. The van der Waals surface area contributed by atoms with Crippen LogP contribution in [0.1, 0.15) is 5.56 Å². The number of carbonyl (C=O) groups is 1. The molecule has 0 aliphatic carbocycles. The van der Waals surface area contributed by atoms with Gasteiger partial charge in [0.2, 0.25) is 0 Å². The molecule has 0 bridgehead atoms. The fraction of sp³-hybridized carbons (Fsp3) is 0.222. The highest BCUT2D eigenvalue weighted by Crippen LogP contribution is 2.15. The van der Waals surface area contributed by atoms with E-state index in [0.29, 0.717) is 5.56 Å². The third kappa shape index (κ3) is 1.99. The van der Waals surface area contributed by atoms with Crippen LogP contribution >= 0.6 is 0 Å². The van der Waals surface area contributed by atoms with Crippen molar-refractivity contribution in [1.82, 2.24) is 0 Å². The number of methoxy groups -OCH3 is 1. The smallest absolute Gasteiger partial charge is 0.310 e. The second-order valence-electron chi connectivity index (χ2n) is 2.31. The minimum atomic E-state index is -0.370. The van der Waals surface area contributed by atoms with Crippen molar-refractivity contribution in [3.8, 4) is 5.75 Å². The van der Waals surface area contributed by atoms with Crippen molar-refractivity contribution in [2.45, 2.75) is 6.42 Å². The molecular formula is C9H9O3. The number of benzene rings is 1. The van der Waals surface area contributed by atoms with E-state index in [1.54, 1.807) is 12.1 Å². The number of rotatable bonds is 2. The Morgan fingerprint density at radius 1 is 1.75 bits per heavy atom. The first-order chi connectivity index (χ1) is 5.74. The average molecular weight is 165 g/mol. The second-order valence-corrected chi connectivity index (χ2v) is 2.31. The van der Waals surface area contributed by atoms with Gasteiger partial charge in [0.1, 0.15) is 5.75 Å². The van der Waals surface area contributed by atoms with E-state index in [1.807, 2.05) is 0 Å². The van der Waals surface area contributed by atoms with Crippen molar-refractivity contribution in [2.75, 3.05) is 7.11 Å². The Kier molecular flexibility index (Phi) is 2.69. The summed E-state index contributed by atoms with van der Waals surface area (Å²) < 4.78 is 4.45. The maximum Gasteiger partial charge on any atom is 0.310 e. The van der Waals surface area contributed by atoms with Crippen molar-refractivity contribution in [3.63, 3.8) is 0 Å². The predicted octanol–water partition coefficient (Wildman–Crippen LogP) is 0.908. The molecule has 1 radical (unpaired) electrons. The minimum absolute atomic E-state index is 0.0830. The van der Waals surface area contributed by atoms with E-state index in [1.165, 1.54) is 13.2 Å². The first-order valence-corrected chi connectivity index (χ1v) is 3.49. The molecule has 0 aliphatic rings. The molecule has 1 N–H and O–H groups in total. The largest absolute Gasteiger partial charge is 0.508 e. The summed E-state index contributed by atoms with van der Waals surface area (Å²) in [5, 5.41) is 9.23. The van der Waals surface area contributed by atoms with Gasteiger partial charge in [-0.2, -0.15) is 0 Å². The van der Waals surface area contributed by atoms with E-state index in [-0.39, 0.29) is 18.1 Å². The van der Waals surface area contributed by atoms with Gasteiger partial charge in [0.15, 0.2) is 0 Å². The van der Waals surface area contributed by atoms with Crippen LogP contribution in [0.3, 0.4) is 0 Å². The molecule has 0 fully saturated rings. The summed E-state index contributed by atoms with van der Waals surface area (Å²) in [6, 6.07) is 7.39. The zero-order valence-corrected chi connectivity index (χ0v) is 6.70. The Bertz CT molecular complexity index is 281. The lowest BCUT2D eigenvalue weighted by Crippen LogP contribution is -2.04. The van der Waals surface area contributed by atoms with Gasteiger partial charge in [0.25, 0.3) is 0 Å². The fourth-order valence-corrected chi connectivity index (χ4v) is 0.826. The van der Waals surface area contributed by atoms with Gasteiger partial charge < -0.3 is 9.84 Å². The summed E-state index contributed by atoms with van der Waals surface area (Å²) in [7, 11) is 1.31. The molecule has 0 atom stereocenters. The van der Waals surface area contributed by atoms with Gasteiger partial charge in [0, 0.05) is 5.56 Å². The minimum Gasteiger partial charge on any atom is -0.508 e. The summed E-state index contributed by atoms with van der Waals surface area (Å²) in [5.41, 5.74) is 0.532. The SMILES string of the molecule is COC(=O)Cc1c[c]ccc1O. The van der Waals surface area contributed by atoms with Crippen molar-refractivity contribution in [2.24, 2.45) is 0 Å². The third-order valence-electron chi connectivity index (χ3n) is 1.49. The maximum absolute atomic E-state index is 10.8. The Labute approximate surface area is 70.6 Å². The van der Waals surface area contributed by atoms with Gasteiger partial charge in [0.05, 0.1) is 13.5 Å². The van der Waals surface area contributed by atoms with Crippen molar-refractivity contribution in [1.29, 1.82) is 0 Å². The van der Waals surface area contributed by atoms with Crippen molar-refractivity contribution in [3.05, 3.63) is 29.8 Å². The summed E-state index contributed by atoms with van der Waals surface area (Å²) in [6.07, 6.45) is 0.0830. The Balaban J connectivity index is 2.75. The van der Waals surface area contributed by atoms with Gasteiger partial charge >= 0.3 is 5.97 Å². The van der Waals surface area contributed by atoms with Crippen LogP contribution in [-0.2, 0) is 16.0 Å². The van der Waals surface area contributed by atoms with Crippen LogP contribution in [0.25, 0.3) is 0 Å². The lowest BCUT2D eigenvalue weighted by molar-refractivity contribution is -0.139. The summed E-state index contributed by atoms with van der Waals surface area (Å²) in [4.78, 5) is 10.8. The predicted molar refractivity (Wildman–Crippen MR) is 42.7 cm³/mol. The molecule has 0 aliphatic heterocycles. The van der Waals surface area contributed by atoms with Crippen molar-refractivity contribution >= 4 is 5.97 Å². The number of esters is 1. The van der Waals surface area contributed by atoms with Gasteiger partial charge in [-0.1, -0.05) is 6.07 Å². The number of phenolic OH excluding ortho intramolecular Hbond substituents is 1. The van der Waals surface area contributed by atoms with Crippen LogP contribution in [0.15, 0.2) is 18.2 Å². The topological polar surface area (TPSA) is 46.5 Å². The molecule has 0 amide bonds. The standard InChI is InChI=1S/C9H9O3/c1-12-9(11)6-7-4-2-3-5-8(7)10/h3-5,10H,6H2,1H3. The van der Waals surface area contributed by atoms with Crippen molar-refractivity contribution < 1.29 is 14.6 Å². The zero-order valence-electron chi connectivity index (χ0n) is 6.70. The molecule has 0 spiro atoms. The Hall–Kier alpha value is -1.51. The third-order valence-corrected chi connectivity index (χ3v) is 1.49. The van der Waals surface area contributed by atoms with Gasteiger partial charge in [-0.05, 0) is 18.2 Å². The number of aromatic hydroxyl groups is 1. The molecule has 1 rings (SSSR count). The highest BCUT2D eigenvalue weighted by molar-refractivity contribution is 5.73. The maximum atomic E-state index is 10.8. The van der Waals surface area contributed by atoms with E-state index in [9.17, 15) is 9.90 Å². The molecule has 63 valence electrons. The second kappa shape index (κ2) is 3.76. The Morgan fingerprint density at radius 3 is 3.08 bits per heavy atom. The lowest BCUT2D eigenvalue weighted by atomic mass is 10.1. The molecule has 0 heterocycles. The van der Waals surface area contributed by atoms with E-state index in [0.717, 1.165) is 0 Å². The van der Waals surface area contributed by atoms with Crippen LogP contribution in [0.5, 0.6) is 5.75 Å². The van der Waals surface area contributed by atoms with E-state index in [2.05, 4.69) is 10.8 Å². The number of phenols is 1. The number of carbonyl (C=O) groups excluding carboxylic acids is 1. The molecule has 1 aromatic carbocycles. The molecule has 12 heavy (non-hydrogen) atoms. The molecule has 0 saturated heterocycles. The van der Waals surface area contributed by atoms with E-state index in [4.69, 9.17) is 0 Å². The molecule has 0 unspecified atom stereocenters. The number of hydrogen-bond acceptors (Lipinski definition) is 3. The summed E-state index contributed by atoms with van der Waals surface area (Å²) in [5.74, 6) is -0.274. The number of hydrogen-bond donors (Lipinski definition) is 1. The molecule has 0 aromatic heterocycles. The van der Waals surface area contributed by atoms with Crippen LogP contribution in [0.2, 0.25) is 0 Å². The van der Waals surface area contributed by atoms with Crippen LogP contribution in [0, 0.1) is 6.07 Å². The summed E-state index contributed by atoms with van der Waals surface area (Å²) >= 11 is 0. The van der Waals surface area contributed by atoms with Crippen LogP contribution < -0.4 is 0 Å². The monoisotopic (exact) mass is 165 g/mol. The molecule has 3 nitrogen and oxygen atoms in total. The fourth-order valence-electron chi connectivity index (χ4n) is 0.826. The first kappa shape index (κ1) is 8.59. The van der Waals surface area contributed by atoms with Crippen LogP contribution in [-0.4, -0.2) is 18.2 Å². The summed E-state index contributed by atoms with van der Waals surface area (Å²) in [6.45, 7) is 0. The highest BCUT2D eigenvalue weighted by atomic mass is 16.5. The van der Waals surface area contributed by atoms with E-state index < -0.39 is 0 Å². The molecule has 0 saturated carbocycles. The van der Waals surface area contributed by atoms with Gasteiger partial charge in [-0.25, -0.2) is 0 Å². The molecular weight excluding hydrogens is 156 g/mol. The zero-order chi connectivity index (χ0) is 8.97. The van der Waals surface area contributed by atoms with E-state index >= 15 is 0 Å².